The summed E-state index contributed by atoms with van der Waals surface area (Å²) in [6.07, 6.45) is 0. The Morgan fingerprint density at radius 1 is 0.710 bits per heavy atom. The molecule has 0 aliphatic rings. The van der Waals surface area contributed by atoms with Gasteiger partial charge in [-0.25, -0.2) is 4.98 Å². The van der Waals surface area contributed by atoms with E-state index in [1.165, 1.54) is 25.2 Å². The fourth-order valence-corrected chi connectivity index (χ4v) is 7.23. The van der Waals surface area contributed by atoms with Crippen LogP contribution in [0.3, 0.4) is 0 Å². The average Bonchev–Trinajstić information content (AvgIpc) is 3.53. The van der Waals surface area contributed by atoms with E-state index < -0.39 is 0 Å². The van der Waals surface area contributed by atoms with Gasteiger partial charge in [0.15, 0.2) is 0 Å². The summed E-state index contributed by atoms with van der Waals surface area (Å²) in [5, 5.41) is 5.66. The van der Waals surface area contributed by atoms with Crippen molar-refractivity contribution in [2.24, 2.45) is 0 Å². The van der Waals surface area contributed by atoms with Gasteiger partial charge >= 0.3 is 0 Å². The van der Waals surface area contributed by atoms with Crippen molar-refractivity contribution in [2.45, 2.75) is 0 Å². The molecular weight excluding hydrogens is 438 g/mol. The molecule has 0 aliphatic heterocycles. The Labute approximate surface area is 192 Å². The van der Waals surface area contributed by atoms with Crippen molar-refractivity contribution >= 4 is 54.2 Å². The van der Waals surface area contributed by atoms with Crippen molar-refractivity contribution in [2.75, 3.05) is 7.11 Å². The van der Waals surface area contributed by atoms with Crippen molar-refractivity contribution in [1.29, 1.82) is 0 Å². The van der Waals surface area contributed by atoms with Crippen LogP contribution in [0.4, 0.5) is 0 Å². The minimum absolute atomic E-state index is 0.935. The molecule has 0 saturated heterocycles. The quantitative estimate of drug-likeness (QED) is 0.265. The maximum absolute atomic E-state index is 5.92. The molecule has 31 heavy (non-hydrogen) atoms. The Kier molecular flexibility index (Phi) is 4.60. The Morgan fingerprint density at radius 2 is 1.42 bits per heavy atom. The standard InChI is InChI=1S/C26H17NOS3/c1-28-23-18-12-6-8-14-21(18)30-25(23)24-22(19-15-29-20-13-7-5-11-17(19)20)27-26(31-24)16-9-3-2-4-10-16/h2-15H,1H3. The molecule has 0 amide bonds. The van der Waals surface area contributed by atoms with Crippen LogP contribution in [0.5, 0.6) is 5.75 Å². The minimum atomic E-state index is 0.935. The SMILES string of the molecule is COc1c(-c2sc(-c3ccccc3)nc2-c2csc3ccccc23)sc2ccccc12. The van der Waals surface area contributed by atoms with Gasteiger partial charge in [-0.2, -0.15) is 0 Å². The summed E-state index contributed by atoms with van der Waals surface area (Å²) in [6, 6.07) is 27.4. The van der Waals surface area contributed by atoms with Crippen LogP contribution in [0.25, 0.3) is 51.8 Å². The van der Waals surface area contributed by atoms with Crippen LogP contribution < -0.4 is 4.74 Å². The first-order valence-corrected chi connectivity index (χ1v) is 12.4. The normalized spacial score (nSPS) is 11.4. The van der Waals surface area contributed by atoms with Crippen LogP contribution in [0, 0.1) is 0 Å². The number of fused-ring (bicyclic) bond motifs is 2. The molecule has 0 saturated carbocycles. The molecule has 6 rings (SSSR count). The van der Waals surface area contributed by atoms with E-state index in [9.17, 15) is 0 Å². The first-order valence-electron chi connectivity index (χ1n) is 9.92. The number of hydrogen-bond acceptors (Lipinski definition) is 5. The summed E-state index contributed by atoms with van der Waals surface area (Å²) in [5.74, 6) is 0.935. The second-order valence-electron chi connectivity index (χ2n) is 7.17. The van der Waals surface area contributed by atoms with Gasteiger partial charge in [-0.1, -0.05) is 60.7 Å². The van der Waals surface area contributed by atoms with Crippen LogP contribution in [0.15, 0.2) is 84.2 Å². The first kappa shape index (κ1) is 18.8. The van der Waals surface area contributed by atoms with Gasteiger partial charge < -0.3 is 4.74 Å². The van der Waals surface area contributed by atoms with E-state index in [0.29, 0.717) is 0 Å². The molecule has 2 nitrogen and oxygen atoms in total. The number of hydrogen-bond donors (Lipinski definition) is 0. The summed E-state index contributed by atoms with van der Waals surface area (Å²) in [5.41, 5.74) is 3.36. The molecule has 0 fully saturated rings. The summed E-state index contributed by atoms with van der Waals surface area (Å²) in [7, 11) is 1.76. The number of rotatable bonds is 4. The molecule has 0 spiro atoms. The predicted molar refractivity (Wildman–Crippen MR) is 136 cm³/mol. The fourth-order valence-electron chi connectivity index (χ4n) is 3.90. The van der Waals surface area contributed by atoms with Crippen LogP contribution in [0.2, 0.25) is 0 Å². The Bertz CT molecular complexity index is 1520. The maximum atomic E-state index is 5.92. The number of ether oxygens (including phenoxy) is 1. The third-order valence-corrected chi connectivity index (χ3v) is 8.73. The van der Waals surface area contributed by atoms with Gasteiger partial charge in [0.2, 0.25) is 0 Å². The van der Waals surface area contributed by atoms with Gasteiger partial charge in [-0.15, -0.1) is 34.0 Å². The van der Waals surface area contributed by atoms with Crippen molar-refractivity contribution in [1.82, 2.24) is 4.98 Å². The lowest BCUT2D eigenvalue weighted by Gasteiger charge is -2.04. The lowest BCUT2D eigenvalue weighted by atomic mass is 10.1. The molecule has 0 radical (unpaired) electrons. The molecular formula is C26H17NOS3. The second-order valence-corrected chi connectivity index (χ2v) is 10.1. The van der Waals surface area contributed by atoms with Crippen LogP contribution >= 0.6 is 34.0 Å². The molecule has 3 aromatic carbocycles. The molecule has 5 heteroatoms. The molecule has 0 N–H and O–H groups in total. The highest BCUT2D eigenvalue weighted by Gasteiger charge is 2.24. The summed E-state index contributed by atoms with van der Waals surface area (Å²) in [4.78, 5) is 7.49. The molecule has 0 bridgehead atoms. The molecule has 0 atom stereocenters. The van der Waals surface area contributed by atoms with Crippen molar-refractivity contribution in [3.63, 3.8) is 0 Å². The first-order chi connectivity index (χ1) is 15.3. The lowest BCUT2D eigenvalue weighted by Crippen LogP contribution is -1.84. The number of aromatic nitrogens is 1. The Hall–Kier alpha value is -2.99. The zero-order chi connectivity index (χ0) is 20.8. The number of nitrogens with zero attached hydrogens (tertiary/aromatic N) is 1. The fraction of sp³-hybridized carbons (Fsp3) is 0.0385. The highest BCUT2D eigenvalue weighted by Crippen LogP contribution is 2.51. The second kappa shape index (κ2) is 7.61. The number of thiophene rings is 2. The number of thiazole rings is 1. The van der Waals surface area contributed by atoms with Gasteiger partial charge in [-0.3, -0.25) is 0 Å². The average molecular weight is 456 g/mol. The molecule has 150 valence electrons. The highest BCUT2D eigenvalue weighted by atomic mass is 32.1. The maximum Gasteiger partial charge on any atom is 0.146 e. The van der Waals surface area contributed by atoms with E-state index in [-0.39, 0.29) is 0 Å². The smallest absolute Gasteiger partial charge is 0.146 e. The minimum Gasteiger partial charge on any atom is -0.495 e. The van der Waals surface area contributed by atoms with Crippen molar-refractivity contribution < 1.29 is 4.74 Å². The zero-order valence-corrected chi connectivity index (χ0v) is 19.1. The van der Waals surface area contributed by atoms with E-state index in [1.807, 2.05) is 6.07 Å². The monoisotopic (exact) mass is 455 g/mol. The zero-order valence-electron chi connectivity index (χ0n) is 16.7. The van der Waals surface area contributed by atoms with E-state index in [1.54, 1.807) is 41.1 Å². The van der Waals surface area contributed by atoms with Gasteiger partial charge in [0.1, 0.15) is 10.8 Å². The van der Waals surface area contributed by atoms with Crippen LogP contribution in [-0.4, -0.2) is 12.1 Å². The summed E-state index contributed by atoms with van der Waals surface area (Å²) in [6.45, 7) is 0. The predicted octanol–water partition coefficient (Wildman–Crippen LogP) is 8.58. The Balaban J connectivity index is 1.66. The topological polar surface area (TPSA) is 22.1 Å². The molecule has 3 heterocycles. The summed E-state index contributed by atoms with van der Waals surface area (Å²) < 4.78 is 8.43. The van der Waals surface area contributed by atoms with Crippen LogP contribution in [0.1, 0.15) is 0 Å². The van der Waals surface area contributed by atoms with E-state index >= 15 is 0 Å². The highest BCUT2D eigenvalue weighted by molar-refractivity contribution is 7.27. The molecule has 0 aliphatic carbocycles. The lowest BCUT2D eigenvalue weighted by molar-refractivity contribution is 0.423. The van der Waals surface area contributed by atoms with Gasteiger partial charge in [-0.05, 0) is 18.2 Å². The van der Waals surface area contributed by atoms with Gasteiger partial charge in [0.25, 0.3) is 0 Å². The summed E-state index contributed by atoms with van der Waals surface area (Å²) >= 11 is 5.29. The molecule has 6 aromatic rings. The van der Waals surface area contributed by atoms with E-state index in [4.69, 9.17) is 9.72 Å². The molecule has 3 aromatic heterocycles. The van der Waals surface area contributed by atoms with Crippen LogP contribution in [-0.2, 0) is 0 Å². The third-order valence-electron chi connectivity index (χ3n) is 5.34. The number of methoxy groups -OCH3 is 1. The van der Waals surface area contributed by atoms with Gasteiger partial charge in [0.05, 0.1) is 22.6 Å². The van der Waals surface area contributed by atoms with E-state index in [2.05, 4.69) is 78.2 Å². The van der Waals surface area contributed by atoms with Gasteiger partial charge in [0, 0.05) is 36.7 Å². The number of benzene rings is 3. The third kappa shape index (κ3) is 3.08. The van der Waals surface area contributed by atoms with Crippen molar-refractivity contribution in [3.8, 4) is 37.3 Å². The van der Waals surface area contributed by atoms with E-state index in [0.717, 1.165) is 32.3 Å². The van der Waals surface area contributed by atoms with Crippen molar-refractivity contribution in [3.05, 3.63) is 84.2 Å². The Morgan fingerprint density at radius 3 is 2.23 bits per heavy atom. The molecule has 0 unspecified atom stereocenters. The largest absolute Gasteiger partial charge is 0.495 e.